The first-order valence-corrected chi connectivity index (χ1v) is 8.76. The second-order valence-corrected chi connectivity index (χ2v) is 6.32. The van der Waals surface area contributed by atoms with Gasteiger partial charge in [-0.25, -0.2) is 14.1 Å². The van der Waals surface area contributed by atoms with Gasteiger partial charge in [-0.1, -0.05) is 42.5 Å². The van der Waals surface area contributed by atoms with E-state index < -0.39 is 0 Å². The highest BCUT2D eigenvalue weighted by Gasteiger charge is 2.22. The molecule has 0 bridgehead atoms. The summed E-state index contributed by atoms with van der Waals surface area (Å²) in [6.45, 7) is 1.35. The van der Waals surface area contributed by atoms with E-state index in [9.17, 15) is 9.18 Å². The van der Waals surface area contributed by atoms with Crippen molar-refractivity contribution in [3.8, 4) is 17.1 Å². The number of nitrogens with zero attached hydrogens (tertiary/aromatic N) is 4. The van der Waals surface area contributed by atoms with Crippen LogP contribution >= 0.6 is 0 Å². The maximum absolute atomic E-state index is 14.3. The minimum atomic E-state index is -0.351. The van der Waals surface area contributed by atoms with Crippen LogP contribution in [0.4, 0.5) is 4.39 Å². The molecular weight excluding hydrogens is 331 g/mol. The highest BCUT2D eigenvalue weighted by molar-refractivity contribution is 5.78. The largest absolute Gasteiger partial charge is 0.342 e. The summed E-state index contributed by atoms with van der Waals surface area (Å²) in [6, 6.07) is 16.1. The Morgan fingerprint density at radius 2 is 1.81 bits per heavy atom. The summed E-state index contributed by atoms with van der Waals surface area (Å²) in [5.74, 6) is 1.02. The zero-order valence-corrected chi connectivity index (χ0v) is 14.3. The van der Waals surface area contributed by atoms with Gasteiger partial charge >= 0.3 is 0 Å². The molecule has 5 nitrogen and oxygen atoms in total. The molecule has 0 spiro atoms. The van der Waals surface area contributed by atoms with Gasteiger partial charge in [0.15, 0.2) is 5.82 Å². The number of likely N-dealkylation sites (tertiary alicyclic amines) is 1. The molecule has 1 saturated heterocycles. The van der Waals surface area contributed by atoms with E-state index in [1.807, 2.05) is 35.2 Å². The Kier molecular flexibility index (Phi) is 4.48. The van der Waals surface area contributed by atoms with Crippen molar-refractivity contribution in [2.75, 3.05) is 13.1 Å². The van der Waals surface area contributed by atoms with Crippen LogP contribution in [0, 0.1) is 5.82 Å². The van der Waals surface area contributed by atoms with Crippen LogP contribution in [0.1, 0.15) is 18.7 Å². The number of carbonyl (C=O) groups is 1. The van der Waals surface area contributed by atoms with E-state index >= 15 is 0 Å². The fourth-order valence-electron chi connectivity index (χ4n) is 3.21. The molecule has 2 heterocycles. The van der Waals surface area contributed by atoms with Gasteiger partial charge in [0, 0.05) is 31.5 Å². The minimum Gasteiger partial charge on any atom is -0.342 e. The van der Waals surface area contributed by atoms with Crippen molar-refractivity contribution in [2.45, 2.75) is 19.3 Å². The standard InChI is InChI=1S/C20H19FN4O/c21-16-9-4-5-10-17(16)25-18(12-14-24-13-6-11-19(24)26)22-20(23-25)15-7-2-1-3-8-15/h1-5,7-10H,6,11-14H2. The van der Waals surface area contributed by atoms with Gasteiger partial charge in [0.1, 0.15) is 17.3 Å². The van der Waals surface area contributed by atoms with Crippen molar-refractivity contribution in [3.05, 3.63) is 66.2 Å². The van der Waals surface area contributed by atoms with Gasteiger partial charge in [0.2, 0.25) is 5.91 Å². The summed E-state index contributed by atoms with van der Waals surface area (Å²) in [5.41, 5.74) is 1.24. The number of carbonyl (C=O) groups excluding carboxylic acids is 1. The van der Waals surface area contributed by atoms with E-state index in [-0.39, 0.29) is 11.7 Å². The quantitative estimate of drug-likeness (QED) is 0.710. The number of benzene rings is 2. The molecule has 2 aromatic carbocycles. The molecule has 6 heteroatoms. The Balaban J connectivity index is 1.69. The molecule has 0 aliphatic carbocycles. The molecule has 0 saturated carbocycles. The van der Waals surface area contributed by atoms with Crippen molar-refractivity contribution in [2.24, 2.45) is 0 Å². The molecule has 1 aromatic heterocycles. The van der Waals surface area contributed by atoms with Crippen molar-refractivity contribution >= 4 is 5.91 Å². The van der Waals surface area contributed by atoms with Gasteiger partial charge in [0.25, 0.3) is 0 Å². The number of para-hydroxylation sites is 1. The average molecular weight is 350 g/mol. The summed E-state index contributed by atoms with van der Waals surface area (Å²) in [4.78, 5) is 18.3. The fraction of sp³-hybridized carbons (Fsp3) is 0.250. The number of hydrogen-bond acceptors (Lipinski definition) is 3. The first-order chi connectivity index (χ1) is 12.7. The average Bonchev–Trinajstić information content (AvgIpc) is 3.27. The van der Waals surface area contributed by atoms with Gasteiger partial charge in [-0.15, -0.1) is 5.10 Å². The summed E-state index contributed by atoms with van der Waals surface area (Å²) in [7, 11) is 0. The van der Waals surface area contributed by atoms with Crippen molar-refractivity contribution in [3.63, 3.8) is 0 Å². The molecule has 132 valence electrons. The Morgan fingerprint density at radius 3 is 2.54 bits per heavy atom. The molecule has 3 aromatic rings. The van der Waals surface area contributed by atoms with Gasteiger partial charge < -0.3 is 4.90 Å². The van der Waals surface area contributed by atoms with Crippen molar-refractivity contribution < 1.29 is 9.18 Å². The summed E-state index contributed by atoms with van der Waals surface area (Å²) in [5, 5.41) is 4.54. The second-order valence-electron chi connectivity index (χ2n) is 6.32. The molecule has 0 atom stereocenters. The van der Waals surface area contributed by atoms with E-state index in [1.54, 1.807) is 22.9 Å². The third kappa shape index (κ3) is 3.22. The molecule has 4 rings (SSSR count). The van der Waals surface area contributed by atoms with E-state index in [2.05, 4.69) is 10.1 Å². The van der Waals surface area contributed by atoms with Crippen molar-refractivity contribution in [1.82, 2.24) is 19.7 Å². The molecule has 1 aliphatic rings. The third-order valence-corrected chi connectivity index (χ3v) is 4.56. The van der Waals surface area contributed by atoms with Crippen LogP contribution in [-0.2, 0) is 11.2 Å². The van der Waals surface area contributed by atoms with Crippen LogP contribution in [0.5, 0.6) is 0 Å². The van der Waals surface area contributed by atoms with E-state index in [1.165, 1.54) is 6.07 Å². The topological polar surface area (TPSA) is 51.0 Å². The van der Waals surface area contributed by atoms with Crippen molar-refractivity contribution in [1.29, 1.82) is 0 Å². The Labute approximate surface area is 151 Å². The normalized spacial score (nSPS) is 14.2. The van der Waals surface area contributed by atoms with Crippen LogP contribution in [0.3, 0.4) is 0 Å². The van der Waals surface area contributed by atoms with Gasteiger partial charge in [-0.2, -0.15) is 0 Å². The number of aromatic nitrogens is 3. The number of amides is 1. The van der Waals surface area contributed by atoms with Gasteiger partial charge in [-0.3, -0.25) is 4.79 Å². The van der Waals surface area contributed by atoms with Gasteiger partial charge in [0.05, 0.1) is 0 Å². The van der Waals surface area contributed by atoms with E-state index in [0.29, 0.717) is 36.7 Å². The molecule has 1 aliphatic heterocycles. The summed E-state index contributed by atoms with van der Waals surface area (Å²) < 4.78 is 15.9. The highest BCUT2D eigenvalue weighted by Crippen LogP contribution is 2.21. The number of rotatable bonds is 5. The Bertz CT molecular complexity index is 923. The molecule has 0 radical (unpaired) electrons. The second kappa shape index (κ2) is 7.07. The minimum absolute atomic E-state index is 0.172. The lowest BCUT2D eigenvalue weighted by Gasteiger charge is -2.15. The first-order valence-electron chi connectivity index (χ1n) is 8.76. The Hall–Kier alpha value is -3.02. The van der Waals surface area contributed by atoms with Crippen LogP contribution in [0.2, 0.25) is 0 Å². The van der Waals surface area contributed by atoms with E-state index in [4.69, 9.17) is 0 Å². The van der Waals surface area contributed by atoms with Crippen LogP contribution < -0.4 is 0 Å². The highest BCUT2D eigenvalue weighted by atomic mass is 19.1. The lowest BCUT2D eigenvalue weighted by Crippen LogP contribution is -2.27. The molecule has 26 heavy (non-hydrogen) atoms. The Morgan fingerprint density at radius 1 is 1.04 bits per heavy atom. The number of hydrogen-bond donors (Lipinski definition) is 0. The smallest absolute Gasteiger partial charge is 0.222 e. The van der Waals surface area contributed by atoms with Crippen LogP contribution in [0.15, 0.2) is 54.6 Å². The van der Waals surface area contributed by atoms with Gasteiger partial charge in [-0.05, 0) is 18.6 Å². The molecule has 1 amide bonds. The third-order valence-electron chi connectivity index (χ3n) is 4.56. The zero-order chi connectivity index (χ0) is 17.9. The maximum atomic E-state index is 14.3. The molecule has 0 N–H and O–H groups in total. The predicted octanol–water partition coefficient (Wildman–Crippen LogP) is 3.24. The SMILES string of the molecule is O=C1CCCN1CCc1nc(-c2ccccc2)nn1-c1ccccc1F. The summed E-state index contributed by atoms with van der Waals surface area (Å²) in [6.07, 6.45) is 2.03. The zero-order valence-electron chi connectivity index (χ0n) is 14.3. The molecular formula is C20H19FN4O. The number of halogens is 1. The summed E-state index contributed by atoms with van der Waals surface area (Å²) >= 11 is 0. The lowest BCUT2D eigenvalue weighted by molar-refractivity contribution is -0.127. The lowest BCUT2D eigenvalue weighted by atomic mass is 10.2. The maximum Gasteiger partial charge on any atom is 0.222 e. The predicted molar refractivity (Wildman–Crippen MR) is 96.3 cm³/mol. The van der Waals surface area contributed by atoms with Crippen LogP contribution in [0.25, 0.3) is 17.1 Å². The fourth-order valence-corrected chi connectivity index (χ4v) is 3.21. The monoisotopic (exact) mass is 350 g/mol. The first kappa shape index (κ1) is 16.4. The van der Waals surface area contributed by atoms with E-state index in [0.717, 1.165) is 18.5 Å². The van der Waals surface area contributed by atoms with Crippen LogP contribution in [-0.4, -0.2) is 38.7 Å². The molecule has 1 fully saturated rings. The molecule has 0 unspecified atom stereocenters.